The predicted octanol–water partition coefficient (Wildman–Crippen LogP) is 3.20. The lowest BCUT2D eigenvalue weighted by Gasteiger charge is -2.02. The zero-order valence-electron chi connectivity index (χ0n) is 8.34. The summed E-state index contributed by atoms with van der Waals surface area (Å²) in [6, 6.07) is 0. The summed E-state index contributed by atoms with van der Waals surface area (Å²) in [5.41, 5.74) is 1.10. The highest BCUT2D eigenvalue weighted by Crippen LogP contribution is 2.19. The molecule has 0 aromatic rings. The van der Waals surface area contributed by atoms with Gasteiger partial charge in [-0.1, -0.05) is 19.4 Å². The van der Waals surface area contributed by atoms with Crippen molar-refractivity contribution in [1.29, 1.82) is 0 Å². The molecule has 0 aromatic carbocycles. The number of carbonyl (C=O) groups is 1. The van der Waals surface area contributed by atoms with E-state index >= 15 is 0 Å². The topological polar surface area (TPSA) is 17.1 Å². The quantitative estimate of drug-likeness (QED) is 0.690. The third kappa shape index (κ3) is 3.99. The van der Waals surface area contributed by atoms with E-state index in [1.54, 1.807) is 11.8 Å². The van der Waals surface area contributed by atoms with Crippen molar-refractivity contribution in [1.82, 2.24) is 0 Å². The van der Waals surface area contributed by atoms with E-state index in [2.05, 4.69) is 13.0 Å². The Hall–Kier alpha value is -0.240. The van der Waals surface area contributed by atoms with Crippen molar-refractivity contribution in [3.8, 4) is 0 Å². The lowest BCUT2D eigenvalue weighted by atomic mass is 10.1. The number of hydrogen-bond acceptors (Lipinski definition) is 2. The zero-order chi connectivity index (χ0) is 9.52. The average molecular weight is 198 g/mol. The molecule has 0 unspecified atom stereocenters. The minimum absolute atomic E-state index is 0.369. The van der Waals surface area contributed by atoms with Crippen LogP contribution in [0.25, 0.3) is 0 Å². The first kappa shape index (κ1) is 10.8. The van der Waals surface area contributed by atoms with Gasteiger partial charge in [0.2, 0.25) is 0 Å². The van der Waals surface area contributed by atoms with Gasteiger partial charge in [-0.2, -0.15) is 11.8 Å². The fourth-order valence-corrected chi connectivity index (χ4v) is 2.13. The van der Waals surface area contributed by atoms with Crippen LogP contribution >= 0.6 is 11.8 Å². The van der Waals surface area contributed by atoms with E-state index < -0.39 is 0 Å². The number of carbonyl (C=O) groups excluding carboxylic acids is 1. The molecule has 1 nitrogen and oxygen atoms in total. The van der Waals surface area contributed by atoms with Crippen LogP contribution in [0.4, 0.5) is 0 Å². The van der Waals surface area contributed by atoms with Crippen LogP contribution in [0.2, 0.25) is 0 Å². The molecule has 0 bridgehead atoms. The van der Waals surface area contributed by atoms with Gasteiger partial charge in [0.15, 0.2) is 5.78 Å². The molecule has 0 saturated heterocycles. The average Bonchev–Trinajstić information content (AvgIpc) is 2.42. The molecule has 0 amide bonds. The molecule has 1 aliphatic carbocycles. The van der Waals surface area contributed by atoms with Crippen molar-refractivity contribution in [2.24, 2.45) is 0 Å². The third-order valence-corrected chi connectivity index (χ3v) is 3.21. The molecule has 2 heteroatoms. The van der Waals surface area contributed by atoms with Gasteiger partial charge in [0.1, 0.15) is 0 Å². The molecule has 0 aromatic heterocycles. The highest BCUT2D eigenvalue weighted by Gasteiger charge is 2.10. The van der Waals surface area contributed by atoms with E-state index in [1.807, 2.05) is 0 Å². The first-order valence-electron chi connectivity index (χ1n) is 5.14. The lowest BCUT2D eigenvalue weighted by Crippen LogP contribution is -2.05. The number of hydrogen-bond donors (Lipinski definition) is 0. The monoisotopic (exact) mass is 198 g/mol. The Morgan fingerprint density at radius 2 is 2.31 bits per heavy atom. The van der Waals surface area contributed by atoms with Crippen molar-refractivity contribution in [2.75, 3.05) is 11.5 Å². The molecule has 0 N–H and O–H groups in total. The molecule has 0 spiro atoms. The molecule has 13 heavy (non-hydrogen) atoms. The SMILES string of the molecule is CCSCC(=O)C1=CCCCCC1. The Labute approximate surface area is 85.0 Å². The summed E-state index contributed by atoms with van der Waals surface area (Å²) in [4.78, 5) is 11.6. The van der Waals surface area contributed by atoms with Crippen LogP contribution in [0.1, 0.15) is 39.0 Å². The van der Waals surface area contributed by atoms with Crippen LogP contribution in [0.5, 0.6) is 0 Å². The molecule has 0 radical (unpaired) electrons. The van der Waals surface area contributed by atoms with Gasteiger partial charge in [-0.15, -0.1) is 0 Å². The number of rotatable bonds is 4. The molecule has 0 atom stereocenters. The summed E-state index contributed by atoms with van der Waals surface area (Å²) in [5, 5.41) is 0. The summed E-state index contributed by atoms with van der Waals surface area (Å²) in [6.45, 7) is 2.10. The van der Waals surface area contributed by atoms with E-state index in [-0.39, 0.29) is 0 Å². The van der Waals surface area contributed by atoms with E-state index in [9.17, 15) is 4.79 Å². The maximum Gasteiger partial charge on any atom is 0.168 e. The molecule has 0 heterocycles. The largest absolute Gasteiger partial charge is 0.294 e. The van der Waals surface area contributed by atoms with E-state index in [0.29, 0.717) is 11.5 Å². The van der Waals surface area contributed by atoms with Crippen molar-refractivity contribution >= 4 is 17.5 Å². The third-order valence-electron chi connectivity index (χ3n) is 2.34. The second-order valence-electron chi connectivity index (χ2n) is 3.39. The highest BCUT2D eigenvalue weighted by molar-refractivity contribution is 7.99. The fourth-order valence-electron chi connectivity index (χ4n) is 1.56. The molecule has 1 rings (SSSR count). The van der Waals surface area contributed by atoms with Gasteiger partial charge >= 0.3 is 0 Å². The Balaban J connectivity index is 2.39. The van der Waals surface area contributed by atoms with Crippen molar-refractivity contribution in [2.45, 2.75) is 39.0 Å². The van der Waals surface area contributed by atoms with E-state index in [4.69, 9.17) is 0 Å². The van der Waals surface area contributed by atoms with Gasteiger partial charge < -0.3 is 0 Å². The predicted molar refractivity (Wildman–Crippen MR) is 59.2 cm³/mol. The first-order chi connectivity index (χ1) is 6.34. The molecule has 74 valence electrons. The van der Waals surface area contributed by atoms with Crippen LogP contribution in [0, 0.1) is 0 Å². The van der Waals surface area contributed by atoms with Crippen LogP contribution in [0.15, 0.2) is 11.6 Å². The van der Waals surface area contributed by atoms with Crippen molar-refractivity contribution in [3.63, 3.8) is 0 Å². The lowest BCUT2D eigenvalue weighted by molar-refractivity contribution is -0.113. The molecular weight excluding hydrogens is 180 g/mol. The van der Waals surface area contributed by atoms with Gasteiger partial charge in [0, 0.05) is 0 Å². The van der Waals surface area contributed by atoms with Gasteiger partial charge in [0.05, 0.1) is 5.75 Å². The summed E-state index contributed by atoms with van der Waals surface area (Å²) in [7, 11) is 0. The summed E-state index contributed by atoms with van der Waals surface area (Å²) < 4.78 is 0. The van der Waals surface area contributed by atoms with Gasteiger partial charge in [-0.05, 0) is 37.0 Å². The van der Waals surface area contributed by atoms with Crippen LogP contribution < -0.4 is 0 Å². The van der Waals surface area contributed by atoms with Crippen LogP contribution in [-0.4, -0.2) is 17.3 Å². The molecule has 1 aliphatic rings. The summed E-state index contributed by atoms with van der Waals surface area (Å²) >= 11 is 1.73. The number of Topliss-reactive ketones (excluding diaryl/α,β-unsaturated/α-hetero) is 1. The van der Waals surface area contributed by atoms with Gasteiger partial charge in [-0.3, -0.25) is 4.79 Å². The van der Waals surface area contributed by atoms with Gasteiger partial charge in [-0.25, -0.2) is 0 Å². The minimum Gasteiger partial charge on any atom is -0.294 e. The van der Waals surface area contributed by atoms with E-state index in [0.717, 1.165) is 24.2 Å². The molecule has 0 saturated carbocycles. The standard InChI is InChI=1S/C11H18OS/c1-2-13-9-11(12)10-7-5-3-4-6-8-10/h7H,2-6,8-9H2,1H3. The minimum atomic E-state index is 0.369. The second kappa shape index (κ2) is 6.25. The number of thioether (sulfide) groups is 1. The molecular formula is C11H18OS. The highest BCUT2D eigenvalue weighted by atomic mass is 32.2. The van der Waals surface area contributed by atoms with Crippen LogP contribution in [-0.2, 0) is 4.79 Å². The second-order valence-corrected chi connectivity index (χ2v) is 4.66. The number of ketones is 1. The maximum atomic E-state index is 11.6. The Bertz CT molecular complexity index is 196. The molecule has 0 fully saturated rings. The normalized spacial score (nSPS) is 17.8. The molecule has 0 aliphatic heterocycles. The Morgan fingerprint density at radius 3 is 3.08 bits per heavy atom. The zero-order valence-corrected chi connectivity index (χ0v) is 9.16. The Kier molecular flexibility index (Phi) is 5.21. The van der Waals surface area contributed by atoms with Crippen molar-refractivity contribution in [3.05, 3.63) is 11.6 Å². The van der Waals surface area contributed by atoms with Crippen molar-refractivity contribution < 1.29 is 4.79 Å². The van der Waals surface area contributed by atoms with E-state index in [1.165, 1.54) is 19.3 Å². The van der Waals surface area contributed by atoms with Crippen LogP contribution in [0.3, 0.4) is 0 Å². The maximum absolute atomic E-state index is 11.6. The summed E-state index contributed by atoms with van der Waals surface area (Å²) in [5.74, 6) is 2.09. The summed E-state index contributed by atoms with van der Waals surface area (Å²) in [6.07, 6.45) is 8.03. The first-order valence-corrected chi connectivity index (χ1v) is 6.30. The number of allylic oxidation sites excluding steroid dienone is 2. The van der Waals surface area contributed by atoms with Gasteiger partial charge in [0.25, 0.3) is 0 Å². The fraction of sp³-hybridized carbons (Fsp3) is 0.727. The smallest absolute Gasteiger partial charge is 0.168 e. The Morgan fingerprint density at radius 1 is 1.46 bits per heavy atom.